The molecule has 202 valence electrons. The van der Waals surface area contributed by atoms with E-state index in [1.54, 1.807) is 24.3 Å². The second kappa shape index (κ2) is 11.0. The lowest BCUT2D eigenvalue weighted by atomic mass is 9.88. The molecule has 1 heterocycles. The van der Waals surface area contributed by atoms with Crippen LogP contribution < -0.4 is 4.90 Å². The third kappa shape index (κ3) is 6.03. The van der Waals surface area contributed by atoms with Crippen LogP contribution in [-0.4, -0.2) is 51.8 Å². The lowest BCUT2D eigenvalue weighted by molar-refractivity contribution is -0.0579. The average Bonchev–Trinajstić information content (AvgIpc) is 2.87. The largest absolute Gasteiger partial charge is 0.434 e. The first-order chi connectivity index (χ1) is 17.9. The Kier molecular flexibility index (Phi) is 8.15. The van der Waals surface area contributed by atoms with E-state index < -0.39 is 21.9 Å². The van der Waals surface area contributed by atoms with E-state index in [9.17, 15) is 26.0 Å². The maximum Gasteiger partial charge on any atom is 0.434 e. The Morgan fingerprint density at radius 3 is 2.21 bits per heavy atom. The summed E-state index contributed by atoms with van der Waals surface area (Å²) in [6.07, 6.45) is -3.64. The molecule has 4 rings (SSSR count). The van der Waals surface area contributed by atoms with Gasteiger partial charge in [0.25, 0.3) is 0 Å². The van der Waals surface area contributed by atoms with Crippen molar-refractivity contribution in [3.8, 4) is 0 Å². The van der Waals surface area contributed by atoms with E-state index in [1.165, 1.54) is 56.6 Å². The van der Waals surface area contributed by atoms with Gasteiger partial charge in [-0.05, 0) is 66.8 Å². The number of hydrogen-bond donors (Lipinski definition) is 0. The fourth-order valence-corrected chi connectivity index (χ4v) is 5.58. The number of hydrogen-bond acceptors (Lipinski definition) is 4. The number of rotatable bonds is 6. The molecule has 38 heavy (non-hydrogen) atoms. The predicted molar refractivity (Wildman–Crippen MR) is 142 cm³/mol. The van der Waals surface area contributed by atoms with E-state index in [2.05, 4.69) is 4.99 Å². The molecule has 1 aliphatic rings. The molecule has 0 N–H and O–H groups in total. The fourth-order valence-electron chi connectivity index (χ4n) is 4.52. The first-order valence-corrected chi connectivity index (χ1v) is 13.7. The van der Waals surface area contributed by atoms with Crippen LogP contribution in [0.25, 0.3) is 0 Å². The Hall–Kier alpha value is -2.95. The third-order valence-electron chi connectivity index (χ3n) is 6.52. The van der Waals surface area contributed by atoms with Crippen molar-refractivity contribution in [3.63, 3.8) is 0 Å². The highest BCUT2D eigenvalue weighted by Crippen LogP contribution is 2.36. The summed E-state index contributed by atoms with van der Waals surface area (Å²) in [7, 11) is -0.988. The van der Waals surface area contributed by atoms with Gasteiger partial charge in [0.2, 0.25) is 10.0 Å². The van der Waals surface area contributed by atoms with Gasteiger partial charge in [-0.15, -0.1) is 0 Å². The van der Waals surface area contributed by atoms with Gasteiger partial charge in [0.1, 0.15) is 5.82 Å². The van der Waals surface area contributed by atoms with Crippen molar-refractivity contribution < 1.29 is 26.0 Å². The number of aliphatic imine (C=N–C) groups is 1. The lowest BCUT2D eigenvalue weighted by Crippen LogP contribution is -2.35. The zero-order valence-electron chi connectivity index (χ0n) is 20.7. The van der Waals surface area contributed by atoms with Gasteiger partial charge in [-0.25, -0.2) is 22.1 Å². The molecule has 0 atom stereocenters. The van der Waals surface area contributed by atoms with Gasteiger partial charge >= 0.3 is 6.18 Å². The van der Waals surface area contributed by atoms with Crippen molar-refractivity contribution in [1.29, 1.82) is 0 Å². The Morgan fingerprint density at radius 1 is 1.00 bits per heavy atom. The first-order valence-electron chi connectivity index (χ1n) is 11.9. The van der Waals surface area contributed by atoms with Crippen LogP contribution in [0.1, 0.15) is 29.9 Å². The summed E-state index contributed by atoms with van der Waals surface area (Å²) in [6.45, 7) is 0.873. The van der Waals surface area contributed by atoms with Crippen LogP contribution in [0, 0.1) is 5.82 Å². The second-order valence-corrected chi connectivity index (χ2v) is 11.8. The Labute approximate surface area is 224 Å². The molecule has 0 amide bonds. The molecule has 1 saturated heterocycles. The quantitative estimate of drug-likeness (QED) is 0.243. The van der Waals surface area contributed by atoms with Crippen LogP contribution in [0.2, 0.25) is 5.02 Å². The SMILES string of the molecule is CN(C)S(=O)(=O)c1ccc(/N=C(/c2ccccc2N2CCC(c3ccc(Cl)cc3F)CC2)C(F)(F)F)cc1. The number of para-hydroxylation sites is 1. The highest BCUT2D eigenvalue weighted by Gasteiger charge is 2.39. The fraction of sp³-hybridized carbons (Fsp3) is 0.296. The normalized spacial score (nSPS) is 15.8. The van der Waals surface area contributed by atoms with Crippen molar-refractivity contribution in [2.45, 2.75) is 29.8 Å². The van der Waals surface area contributed by atoms with E-state index in [1.807, 2.05) is 4.90 Å². The summed E-state index contributed by atoms with van der Waals surface area (Å²) in [5, 5.41) is 0.311. The summed E-state index contributed by atoms with van der Waals surface area (Å²) in [6, 6.07) is 15.7. The van der Waals surface area contributed by atoms with Crippen LogP contribution in [0.15, 0.2) is 76.6 Å². The molecule has 0 unspecified atom stereocenters. The number of halogens is 5. The molecule has 11 heteroatoms. The van der Waals surface area contributed by atoms with E-state index in [-0.39, 0.29) is 27.9 Å². The zero-order valence-corrected chi connectivity index (χ0v) is 22.3. The summed E-state index contributed by atoms with van der Waals surface area (Å²) < 4.78 is 82.8. The number of piperidine rings is 1. The third-order valence-corrected chi connectivity index (χ3v) is 8.59. The second-order valence-electron chi connectivity index (χ2n) is 9.18. The van der Waals surface area contributed by atoms with Gasteiger partial charge in [-0.1, -0.05) is 35.9 Å². The first kappa shape index (κ1) is 28.1. The molecule has 3 aromatic rings. The molecule has 0 aromatic heterocycles. The Bertz CT molecular complexity index is 1430. The van der Waals surface area contributed by atoms with Gasteiger partial charge in [0, 0.05) is 43.5 Å². The molecule has 1 fully saturated rings. The molecular formula is C27H26ClF4N3O2S. The van der Waals surface area contributed by atoms with E-state index in [0.717, 1.165) is 4.31 Å². The topological polar surface area (TPSA) is 53.0 Å². The minimum absolute atomic E-state index is 0.0262. The zero-order chi connectivity index (χ0) is 27.7. The van der Waals surface area contributed by atoms with Gasteiger partial charge in [-0.2, -0.15) is 13.2 Å². The number of benzene rings is 3. The van der Waals surface area contributed by atoms with Crippen molar-refractivity contribution in [2.24, 2.45) is 4.99 Å². The van der Waals surface area contributed by atoms with Crippen molar-refractivity contribution >= 4 is 38.7 Å². The van der Waals surface area contributed by atoms with Crippen molar-refractivity contribution in [3.05, 3.63) is 88.7 Å². The van der Waals surface area contributed by atoms with Crippen molar-refractivity contribution in [2.75, 3.05) is 32.1 Å². The minimum atomic E-state index is -4.77. The number of sulfonamides is 1. The molecule has 5 nitrogen and oxygen atoms in total. The van der Waals surface area contributed by atoms with Crippen LogP contribution in [0.4, 0.5) is 28.9 Å². The molecular weight excluding hydrogens is 542 g/mol. The molecule has 1 aliphatic heterocycles. The lowest BCUT2D eigenvalue weighted by Gasteiger charge is -2.35. The monoisotopic (exact) mass is 567 g/mol. The van der Waals surface area contributed by atoms with E-state index in [0.29, 0.717) is 42.2 Å². The number of nitrogens with zero attached hydrogens (tertiary/aromatic N) is 3. The molecule has 0 saturated carbocycles. The van der Waals surface area contributed by atoms with E-state index >= 15 is 0 Å². The summed E-state index contributed by atoms with van der Waals surface area (Å²) in [5.74, 6) is -0.448. The molecule has 0 aliphatic carbocycles. The van der Waals surface area contributed by atoms with Crippen LogP contribution in [0.5, 0.6) is 0 Å². The van der Waals surface area contributed by atoms with Crippen LogP contribution >= 0.6 is 11.6 Å². The van der Waals surface area contributed by atoms with Gasteiger partial charge in [-0.3, -0.25) is 0 Å². The average molecular weight is 568 g/mol. The highest BCUT2D eigenvalue weighted by atomic mass is 35.5. The van der Waals surface area contributed by atoms with Gasteiger partial charge < -0.3 is 4.90 Å². The summed E-state index contributed by atoms with van der Waals surface area (Å²) >= 11 is 5.86. The highest BCUT2D eigenvalue weighted by molar-refractivity contribution is 7.89. The van der Waals surface area contributed by atoms with Crippen LogP contribution in [-0.2, 0) is 10.0 Å². The number of anilines is 1. The van der Waals surface area contributed by atoms with E-state index in [4.69, 9.17) is 11.6 Å². The van der Waals surface area contributed by atoms with Crippen molar-refractivity contribution in [1.82, 2.24) is 4.31 Å². The Morgan fingerprint density at radius 2 is 1.63 bits per heavy atom. The van der Waals surface area contributed by atoms with Gasteiger partial charge in [0.15, 0.2) is 5.71 Å². The smallest absolute Gasteiger partial charge is 0.371 e. The maximum absolute atomic E-state index is 14.4. The summed E-state index contributed by atoms with van der Waals surface area (Å²) in [5.41, 5.74) is -0.255. The van der Waals surface area contributed by atoms with Gasteiger partial charge in [0.05, 0.1) is 10.6 Å². The minimum Gasteiger partial charge on any atom is -0.371 e. The maximum atomic E-state index is 14.4. The number of alkyl halides is 3. The molecule has 0 spiro atoms. The molecule has 3 aromatic carbocycles. The summed E-state index contributed by atoms with van der Waals surface area (Å²) in [4.78, 5) is 5.71. The molecule has 0 radical (unpaired) electrons. The molecule has 0 bridgehead atoms. The standard InChI is InChI=1S/C27H26ClF4N3O2S/c1-34(2)38(36,37)21-10-8-20(9-11-21)33-26(27(30,31)32)23-5-3-4-6-25(23)35-15-13-18(14-16-35)22-12-7-19(28)17-24(22)29/h3-12,17-18H,13-16H2,1-2H3/b33-26-. The van der Waals surface area contributed by atoms with Crippen LogP contribution in [0.3, 0.4) is 0 Å². The Balaban J connectivity index is 1.63. The predicted octanol–water partition coefficient (Wildman–Crippen LogP) is 6.80.